The summed E-state index contributed by atoms with van der Waals surface area (Å²) < 4.78 is 16.4. The number of rotatable bonds is 7. The molecule has 0 amide bonds. The SMILES string of the molecule is COc1ccc(OC)c(-c2csc(N(Cc3ccco3)c3ccccc3)n2)c1. The molecule has 4 aromatic rings. The maximum absolute atomic E-state index is 5.56. The number of thiazole rings is 1. The molecule has 142 valence electrons. The lowest BCUT2D eigenvalue weighted by atomic mass is 10.1. The van der Waals surface area contributed by atoms with Crippen LogP contribution >= 0.6 is 11.3 Å². The van der Waals surface area contributed by atoms with Crippen molar-refractivity contribution in [2.75, 3.05) is 19.1 Å². The molecule has 6 heteroatoms. The van der Waals surface area contributed by atoms with E-state index >= 15 is 0 Å². The normalized spacial score (nSPS) is 10.6. The van der Waals surface area contributed by atoms with Gasteiger partial charge >= 0.3 is 0 Å². The molecule has 5 nitrogen and oxygen atoms in total. The monoisotopic (exact) mass is 392 g/mol. The van der Waals surface area contributed by atoms with Crippen molar-refractivity contribution in [1.82, 2.24) is 4.98 Å². The number of benzene rings is 2. The molecule has 0 aliphatic carbocycles. The summed E-state index contributed by atoms with van der Waals surface area (Å²) in [5.74, 6) is 2.40. The largest absolute Gasteiger partial charge is 0.497 e. The second-order valence-electron chi connectivity index (χ2n) is 6.08. The molecule has 0 aliphatic rings. The van der Waals surface area contributed by atoms with Crippen molar-refractivity contribution in [3.8, 4) is 22.8 Å². The van der Waals surface area contributed by atoms with Crippen LogP contribution in [-0.4, -0.2) is 19.2 Å². The Balaban J connectivity index is 1.73. The number of hydrogen-bond donors (Lipinski definition) is 0. The first-order chi connectivity index (χ1) is 13.8. The van der Waals surface area contributed by atoms with Gasteiger partial charge in [-0.2, -0.15) is 0 Å². The van der Waals surface area contributed by atoms with E-state index in [9.17, 15) is 0 Å². The Labute approximate surface area is 167 Å². The van der Waals surface area contributed by atoms with Crippen LogP contribution in [0.25, 0.3) is 11.3 Å². The summed E-state index contributed by atoms with van der Waals surface area (Å²) in [6.45, 7) is 0.596. The Morgan fingerprint density at radius 3 is 2.57 bits per heavy atom. The van der Waals surface area contributed by atoms with Crippen molar-refractivity contribution < 1.29 is 13.9 Å². The highest BCUT2D eigenvalue weighted by molar-refractivity contribution is 7.14. The van der Waals surface area contributed by atoms with E-state index in [1.54, 1.807) is 31.8 Å². The zero-order valence-electron chi connectivity index (χ0n) is 15.7. The summed E-state index contributed by atoms with van der Waals surface area (Å²) in [6, 6.07) is 19.7. The Kier molecular flexibility index (Phi) is 5.30. The second-order valence-corrected chi connectivity index (χ2v) is 6.92. The first kappa shape index (κ1) is 18.1. The van der Waals surface area contributed by atoms with Crippen molar-refractivity contribution in [3.63, 3.8) is 0 Å². The van der Waals surface area contributed by atoms with Crippen LogP contribution in [0.1, 0.15) is 5.76 Å². The predicted octanol–water partition coefficient (Wildman–Crippen LogP) is 5.76. The van der Waals surface area contributed by atoms with Crippen LogP contribution in [0.15, 0.2) is 76.7 Å². The Morgan fingerprint density at radius 2 is 1.86 bits per heavy atom. The highest BCUT2D eigenvalue weighted by atomic mass is 32.1. The third-order valence-electron chi connectivity index (χ3n) is 4.37. The van der Waals surface area contributed by atoms with Gasteiger partial charge < -0.3 is 18.8 Å². The summed E-state index contributed by atoms with van der Waals surface area (Å²) in [5, 5.41) is 2.91. The predicted molar refractivity (Wildman–Crippen MR) is 112 cm³/mol. The van der Waals surface area contributed by atoms with Gasteiger partial charge in [0.25, 0.3) is 0 Å². The third-order valence-corrected chi connectivity index (χ3v) is 5.23. The number of nitrogens with zero attached hydrogens (tertiary/aromatic N) is 2. The standard InChI is InChI=1S/C22H20N2O3S/c1-25-17-10-11-21(26-2)19(13-17)20-15-28-22(23-20)24(14-18-9-6-12-27-18)16-7-4-3-5-8-16/h3-13,15H,14H2,1-2H3. The summed E-state index contributed by atoms with van der Waals surface area (Å²) in [7, 11) is 3.31. The molecule has 0 N–H and O–H groups in total. The molecule has 0 saturated carbocycles. The number of anilines is 2. The van der Waals surface area contributed by atoms with Gasteiger partial charge in [0.15, 0.2) is 5.13 Å². The van der Waals surface area contributed by atoms with Gasteiger partial charge in [0.05, 0.1) is 32.7 Å². The van der Waals surface area contributed by atoms with Gasteiger partial charge in [-0.15, -0.1) is 11.3 Å². The highest BCUT2D eigenvalue weighted by Gasteiger charge is 2.18. The third kappa shape index (κ3) is 3.73. The van der Waals surface area contributed by atoms with Gasteiger partial charge in [-0.05, 0) is 42.5 Å². The number of aromatic nitrogens is 1. The number of ether oxygens (including phenoxy) is 2. The number of furan rings is 1. The summed E-state index contributed by atoms with van der Waals surface area (Å²) in [6.07, 6.45) is 1.69. The lowest BCUT2D eigenvalue weighted by Crippen LogP contribution is -2.15. The van der Waals surface area contributed by atoms with Gasteiger partial charge in [-0.3, -0.25) is 0 Å². The molecular formula is C22H20N2O3S. The number of methoxy groups -OCH3 is 2. The molecule has 0 spiro atoms. The van der Waals surface area contributed by atoms with E-state index in [4.69, 9.17) is 18.9 Å². The molecule has 2 aromatic heterocycles. The van der Waals surface area contributed by atoms with Gasteiger partial charge in [0.2, 0.25) is 0 Å². The van der Waals surface area contributed by atoms with E-state index in [1.165, 1.54) is 0 Å². The quantitative estimate of drug-likeness (QED) is 0.400. The van der Waals surface area contributed by atoms with Crippen LogP contribution in [0.2, 0.25) is 0 Å². The van der Waals surface area contributed by atoms with E-state index in [1.807, 2.05) is 53.9 Å². The maximum atomic E-state index is 5.56. The van der Waals surface area contributed by atoms with Crippen molar-refractivity contribution in [2.24, 2.45) is 0 Å². The fourth-order valence-electron chi connectivity index (χ4n) is 2.96. The molecule has 0 saturated heterocycles. The molecule has 2 aromatic carbocycles. The Hall–Kier alpha value is -3.25. The minimum absolute atomic E-state index is 0.596. The lowest BCUT2D eigenvalue weighted by molar-refractivity contribution is 0.404. The van der Waals surface area contributed by atoms with E-state index in [-0.39, 0.29) is 0 Å². The molecule has 0 bridgehead atoms. The average Bonchev–Trinajstić information content (AvgIpc) is 3.44. The molecule has 2 heterocycles. The number of hydrogen-bond acceptors (Lipinski definition) is 6. The molecular weight excluding hydrogens is 372 g/mol. The lowest BCUT2D eigenvalue weighted by Gasteiger charge is -2.20. The van der Waals surface area contributed by atoms with Gasteiger partial charge in [0.1, 0.15) is 17.3 Å². The van der Waals surface area contributed by atoms with Crippen LogP contribution < -0.4 is 14.4 Å². The zero-order chi connectivity index (χ0) is 19.3. The second kappa shape index (κ2) is 8.19. The van der Waals surface area contributed by atoms with E-state index < -0.39 is 0 Å². The van der Waals surface area contributed by atoms with Gasteiger partial charge in [-0.25, -0.2) is 4.98 Å². The summed E-state index contributed by atoms with van der Waals surface area (Å²) in [5.41, 5.74) is 2.80. The Bertz CT molecular complexity index is 1030. The van der Waals surface area contributed by atoms with Crippen LogP contribution in [0.4, 0.5) is 10.8 Å². The van der Waals surface area contributed by atoms with E-state index in [0.717, 1.165) is 39.3 Å². The summed E-state index contributed by atoms with van der Waals surface area (Å²) in [4.78, 5) is 7.03. The van der Waals surface area contributed by atoms with Crippen molar-refractivity contribution >= 4 is 22.2 Å². The molecule has 0 fully saturated rings. The molecule has 0 atom stereocenters. The Morgan fingerprint density at radius 1 is 1.00 bits per heavy atom. The van der Waals surface area contributed by atoms with E-state index in [0.29, 0.717) is 6.54 Å². The topological polar surface area (TPSA) is 47.7 Å². The average molecular weight is 392 g/mol. The van der Waals surface area contributed by atoms with Crippen LogP contribution in [0.5, 0.6) is 11.5 Å². The zero-order valence-corrected chi connectivity index (χ0v) is 16.5. The van der Waals surface area contributed by atoms with Crippen LogP contribution in [-0.2, 0) is 6.54 Å². The molecule has 0 aliphatic heterocycles. The van der Waals surface area contributed by atoms with Crippen LogP contribution in [0, 0.1) is 0 Å². The molecule has 4 rings (SSSR count). The van der Waals surface area contributed by atoms with Crippen molar-refractivity contribution in [1.29, 1.82) is 0 Å². The van der Waals surface area contributed by atoms with Crippen molar-refractivity contribution in [3.05, 3.63) is 78.1 Å². The molecule has 0 radical (unpaired) electrons. The van der Waals surface area contributed by atoms with E-state index in [2.05, 4.69) is 17.0 Å². The fourth-order valence-corrected chi connectivity index (χ4v) is 3.81. The minimum Gasteiger partial charge on any atom is -0.497 e. The highest BCUT2D eigenvalue weighted by Crippen LogP contribution is 2.38. The van der Waals surface area contributed by atoms with Gasteiger partial charge in [-0.1, -0.05) is 18.2 Å². The molecule has 28 heavy (non-hydrogen) atoms. The van der Waals surface area contributed by atoms with Crippen molar-refractivity contribution in [2.45, 2.75) is 6.54 Å². The first-order valence-corrected chi connectivity index (χ1v) is 9.69. The fraction of sp³-hybridized carbons (Fsp3) is 0.136. The molecule has 0 unspecified atom stereocenters. The minimum atomic E-state index is 0.596. The first-order valence-electron chi connectivity index (χ1n) is 8.81. The smallest absolute Gasteiger partial charge is 0.190 e. The summed E-state index contributed by atoms with van der Waals surface area (Å²) >= 11 is 1.58. The number of para-hydroxylation sites is 1. The van der Waals surface area contributed by atoms with Crippen LogP contribution in [0.3, 0.4) is 0 Å². The van der Waals surface area contributed by atoms with Gasteiger partial charge in [0, 0.05) is 16.6 Å². The maximum Gasteiger partial charge on any atom is 0.190 e.